The number of carbonyl (C=O) groups is 2. The number of aliphatic hydroxyl groups is 2. The van der Waals surface area contributed by atoms with Crippen molar-refractivity contribution in [3.05, 3.63) is 0 Å². The zero-order valence-electron chi connectivity index (χ0n) is 14.8. The van der Waals surface area contributed by atoms with Gasteiger partial charge < -0.3 is 33.9 Å². The Kier molecular flexibility index (Phi) is 6.75. The average molecular weight is 362 g/mol. The number of esters is 2. The summed E-state index contributed by atoms with van der Waals surface area (Å²) in [4.78, 5) is 22.6. The molecule has 0 aromatic rings. The Morgan fingerprint density at radius 3 is 2.08 bits per heavy atom. The molecule has 0 amide bonds. The van der Waals surface area contributed by atoms with E-state index in [1.54, 1.807) is 13.8 Å². The molecule has 2 saturated heterocycles. The average Bonchev–Trinajstić information content (AvgIpc) is 2.45. The van der Waals surface area contributed by atoms with E-state index in [1.807, 2.05) is 0 Å². The molecular weight excluding hydrogens is 336 g/mol. The predicted octanol–water partition coefficient (Wildman–Crippen LogP) is -0.142. The van der Waals surface area contributed by atoms with E-state index in [0.29, 0.717) is 0 Å². The van der Waals surface area contributed by atoms with Crippen molar-refractivity contribution in [3.63, 3.8) is 0 Å². The van der Waals surface area contributed by atoms with Gasteiger partial charge in [0.25, 0.3) is 0 Å². The summed E-state index contributed by atoms with van der Waals surface area (Å²) in [6.45, 7) is 5.89. The van der Waals surface area contributed by atoms with E-state index < -0.39 is 61.1 Å². The summed E-state index contributed by atoms with van der Waals surface area (Å²) in [6, 6.07) is 0. The minimum absolute atomic E-state index is 0.0285. The Morgan fingerprint density at radius 1 is 0.920 bits per heavy atom. The van der Waals surface area contributed by atoms with E-state index in [2.05, 4.69) is 0 Å². The van der Waals surface area contributed by atoms with E-state index in [4.69, 9.17) is 23.7 Å². The van der Waals surface area contributed by atoms with Gasteiger partial charge in [0.1, 0.15) is 12.2 Å². The van der Waals surface area contributed by atoms with Crippen LogP contribution in [-0.2, 0) is 33.3 Å². The molecule has 2 aliphatic heterocycles. The molecule has 2 N–H and O–H groups in total. The Bertz CT molecular complexity index is 470. The monoisotopic (exact) mass is 362 g/mol. The third-order valence-corrected chi connectivity index (χ3v) is 4.21. The molecule has 0 aliphatic carbocycles. The lowest BCUT2D eigenvalue weighted by atomic mass is 10.00. The number of ether oxygens (including phenoxy) is 5. The first-order chi connectivity index (χ1) is 11.7. The molecule has 0 aromatic carbocycles. The number of hydrogen-bond donors (Lipinski definition) is 2. The summed E-state index contributed by atoms with van der Waals surface area (Å²) in [5.41, 5.74) is 0. The highest BCUT2D eigenvalue weighted by Gasteiger charge is 2.44. The van der Waals surface area contributed by atoms with Gasteiger partial charge in [0.2, 0.25) is 0 Å². The van der Waals surface area contributed by atoms with Gasteiger partial charge in [0.15, 0.2) is 18.7 Å². The van der Waals surface area contributed by atoms with Crippen LogP contribution in [0, 0.1) is 0 Å². The highest BCUT2D eigenvalue weighted by atomic mass is 16.7. The van der Waals surface area contributed by atoms with Crippen molar-refractivity contribution in [2.75, 3.05) is 0 Å². The summed E-state index contributed by atoms with van der Waals surface area (Å²) in [5.74, 6) is -1.01. The first-order valence-corrected chi connectivity index (χ1v) is 8.34. The molecule has 0 unspecified atom stereocenters. The number of carbonyl (C=O) groups excluding carboxylic acids is 2. The molecule has 8 atom stereocenters. The summed E-state index contributed by atoms with van der Waals surface area (Å²) in [6.07, 6.45) is -5.87. The molecule has 0 aromatic heterocycles. The zero-order chi connectivity index (χ0) is 18.7. The van der Waals surface area contributed by atoms with Gasteiger partial charge >= 0.3 is 11.9 Å². The Balaban J connectivity index is 2.05. The second-order valence-electron chi connectivity index (χ2n) is 6.43. The van der Waals surface area contributed by atoms with Crippen LogP contribution in [0.1, 0.15) is 40.5 Å². The van der Waals surface area contributed by atoms with E-state index in [-0.39, 0.29) is 12.8 Å². The molecule has 0 spiro atoms. The molecule has 2 fully saturated rings. The molecule has 25 heavy (non-hydrogen) atoms. The molecular formula is C16H26O9. The lowest BCUT2D eigenvalue weighted by molar-refractivity contribution is -0.308. The smallest absolute Gasteiger partial charge is 0.303 e. The van der Waals surface area contributed by atoms with Gasteiger partial charge in [-0.1, -0.05) is 0 Å². The molecule has 144 valence electrons. The highest BCUT2D eigenvalue weighted by molar-refractivity contribution is 5.67. The quantitative estimate of drug-likeness (QED) is 0.658. The van der Waals surface area contributed by atoms with Crippen molar-refractivity contribution in [2.45, 2.75) is 89.7 Å². The van der Waals surface area contributed by atoms with E-state index in [9.17, 15) is 19.8 Å². The second kappa shape index (κ2) is 8.41. The fourth-order valence-corrected chi connectivity index (χ4v) is 3.19. The van der Waals surface area contributed by atoms with Gasteiger partial charge in [-0.3, -0.25) is 9.59 Å². The van der Waals surface area contributed by atoms with Gasteiger partial charge in [-0.25, -0.2) is 0 Å². The van der Waals surface area contributed by atoms with Crippen LogP contribution in [0.2, 0.25) is 0 Å². The summed E-state index contributed by atoms with van der Waals surface area (Å²) in [7, 11) is 0. The van der Waals surface area contributed by atoms with Crippen molar-refractivity contribution in [2.24, 2.45) is 0 Å². The molecule has 0 radical (unpaired) electrons. The largest absolute Gasteiger partial charge is 0.458 e. The number of hydrogen-bond acceptors (Lipinski definition) is 9. The first kappa shape index (κ1) is 20.1. The number of rotatable bonds is 4. The van der Waals surface area contributed by atoms with Gasteiger partial charge in [-0.2, -0.15) is 0 Å². The minimum Gasteiger partial charge on any atom is -0.458 e. The maximum absolute atomic E-state index is 11.4. The summed E-state index contributed by atoms with van der Waals surface area (Å²) in [5, 5.41) is 19.6. The van der Waals surface area contributed by atoms with E-state index >= 15 is 0 Å². The molecule has 9 nitrogen and oxygen atoms in total. The standard InChI is InChI=1S/C16H26O9/c1-7-15(11(19)5-13(20)21-7)25-14-6-12(23-9(3)17)16(8(2)22-14)24-10(4)18/h7-8,11-16,19-20H,5-6H2,1-4H3/t7-,8-,11-,12-,13-,14-,15-,16-/m1/s1. The number of aliphatic hydroxyl groups excluding tert-OH is 2. The molecule has 0 saturated carbocycles. The van der Waals surface area contributed by atoms with E-state index in [0.717, 1.165) is 0 Å². The summed E-state index contributed by atoms with van der Waals surface area (Å²) < 4.78 is 27.2. The van der Waals surface area contributed by atoms with Crippen molar-refractivity contribution in [3.8, 4) is 0 Å². The van der Waals surface area contributed by atoms with E-state index in [1.165, 1.54) is 13.8 Å². The normalized spacial score (nSPS) is 41.8. The van der Waals surface area contributed by atoms with Crippen LogP contribution in [0.5, 0.6) is 0 Å². The molecule has 2 aliphatic rings. The van der Waals surface area contributed by atoms with Gasteiger partial charge in [-0.15, -0.1) is 0 Å². The van der Waals surface area contributed by atoms with Crippen LogP contribution in [0.4, 0.5) is 0 Å². The second-order valence-corrected chi connectivity index (χ2v) is 6.43. The lowest BCUT2D eigenvalue weighted by Gasteiger charge is -2.42. The van der Waals surface area contributed by atoms with Crippen molar-refractivity contribution >= 4 is 11.9 Å². The molecule has 9 heteroatoms. The highest BCUT2D eigenvalue weighted by Crippen LogP contribution is 2.30. The Morgan fingerprint density at radius 2 is 1.52 bits per heavy atom. The van der Waals surface area contributed by atoms with Crippen molar-refractivity contribution < 1.29 is 43.5 Å². The van der Waals surface area contributed by atoms with Crippen LogP contribution in [0.3, 0.4) is 0 Å². The lowest BCUT2D eigenvalue weighted by Crippen LogP contribution is -2.55. The predicted molar refractivity (Wildman–Crippen MR) is 82.1 cm³/mol. The minimum atomic E-state index is -1.04. The van der Waals surface area contributed by atoms with Crippen LogP contribution in [0.25, 0.3) is 0 Å². The molecule has 0 bridgehead atoms. The Hall–Kier alpha value is -1.26. The van der Waals surface area contributed by atoms with Gasteiger partial charge in [-0.05, 0) is 13.8 Å². The van der Waals surface area contributed by atoms with Crippen molar-refractivity contribution in [1.29, 1.82) is 0 Å². The van der Waals surface area contributed by atoms with Crippen LogP contribution in [0.15, 0.2) is 0 Å². The third kappa shape index (κ3) is 5.35. The molecule has 2 heterocycles. The topological polar surface area (TPSA) is 121 Å². The fourth-order valence-electron chi connectivity index (χ4n) is 3.19. The van der Waals surface area contributed by atoms with Crippen LogP contribution < -0.4 is 0 Å². The Labute approximate surface area is 146 Å². The SMILES string of the molecule is CC(=O)O[C@@H]1[C@@H](C)O[C@H](O[C@H]2[C@H](O)C[C@H](O)O[C@@H]2C)C[C@H]1OC(C)=O. The van der Waals surface area contributed by atoms with Crippen LogP contribution >= 0.6 is 0 Å². The maximum atomic E-state index is 11.4. The zero-order valence-corrected chi connectivity index (χ0v) is 14.8. The maximum Gasteiger partial charge on any atom is 0.303 e. The molecule has 2 rings (SSSR count). The first-order valence-electron chi connectivity index (χ1n) is 8.34. The van der Waals surface area contributed by atoms with Gasteiger partial charge in [0.05, 0.1) is 18.3 Å². The van der Waals surface area contributed by atoms with Gasteiger partial charge in [0, 0.05) is 26.7 Å². The van der Waals surface area contributed by atoms with Crippen molar-refractivity contribution in [1.82, 2.24) is 0 Å². The van der Waals surface area contributed by atoms with Crippen LogP contribution in [-0.4, -0.2) is 71.4 Å². The fraction of sp³-hybridized carbons (Fsp3) is 0.875. The summed E-state index contributed by atoms with van der Waals surface area (Å²) >= 11 is 0. The third-order valence-electron chi connectivity index (χ3n) is 4.21.